The number of nitrogens with zero attached hydrogens (tertiary/aromatic N) is 2. The van der Waals surface area contributed by atoms with Crippen LogP contribution in [0.4, 0.5) is 5.69 Å². The first-order chi connectivity index (χ1) is 18.6. The normalized spacial score (nSPS) is 12.7. The Morgan fingerprint density at radius 3 is 2.10 bits per heavy atom. The van der Waals surface area contributed by atoms with Crippen LogP contribution in [-0.4, -0.2) is 50.9 Å². The molecule has 0 aliphatic rings. The van der Waals surface area contributed by atoms with E-state index in [1.807, 2.05) is 51.1 Å². The zero-order valence-electron chi connectivity index (χ0n) is 23.1. The summed E-state index contributed by atoms with van der Waals surface area (Å²) in [5.74, 6) is -0.279. The molecule has 0 saturated carbocycles. The Bertz CT molecular complexity index is 1340. The van der Waals surface area contributed by atoms with Crippen LogP contribution in [0.15, 0.2) is 83.8 Å². The van der Waals surface area contributed by atoms with Crippen molar-refractivity contribution in [3.63, 3.8) is 0 Å². The molecule has 9 heteroatoms. The molecule has 8 nitrogen and oxygen atoms in total. The second kappa shape index (κ2) is 13.3. The standard InChI is InChI=1S/C30H37N3O5S/c1-6-23(3)31-30(35)24(4)32(20-25-10-8-7-9-11-25)29(34)21-33(26-14-12-22(2)13-15-26)39(36,37)28-18-16-27(38-5)17-19-28/h7-19,23-24H,6,20-21H2,1-5H3,(H,31,35)/t23-,24+/m0/s1. The number of nitrogens with one attached hydrogen (secondary N) is 1. The van der Waals surface area contributed by atoms with Crippen LogP contribution in [0.3, 0.4) is 0 Å². The first kappa shape index (κ1) is 29.7. The van der Waals surface area contributed by atoms with Crippen molar-refractivity contribution in [2.75, 3.05) is 18.0 Å². The first-order valence-electron chi connectivity index (χ1n) is 12.9. The van der Waals surface area contributed by atoms with Gasteiger partial charge in [-0.3, -0.25) is 13.9 Å². The molecule has 0 unspecified atom stereocenters. The van der Waals surface area contributed by atoms with Gasteiger partial charge in [0.2, 0.25) is 11.8 Å². The van der Waals surface area contributed by atoms with Crippen LogP contribution < -0.4 is 14.4 Å². The Morgan fingerprint density at radius 2 is 1.54 bits per heavy atom. The maximum Gasteiger partial charge on any atom is 0.264 e. The van der Waals surface area contributed by atoms with Crippen LogP contribution in [0.2, 0.25) is 0 Å². The molecule has 1 N–H and O–H groups in total. The molecule has 0 heterocycles. The Labute approximate surface area is 231 Å². The molecule has 2 atom stereocenters. The number of amides is 2. The summed E-state index contributed by atoms with van der Waals surface area (Å²) in [6.45, 7) is 7.09. The van der Waals surface area contributed by atoms with E-state index in [9.17, 15) is 18.0 Å². The number of benzene rings is 3. The van der Waals surface area contributed by atoms with Gasteiger partial charge in [-0.25, -0.2) is 8.42 Å². The van der Waals surface area contributed by atoms with Gasteiger partial charge in [-0.05, 0) is 69.2 Å². The summed E-state index contributed by atoms with van der Waals surface area (Å²) in [6.07, 6.45) is 0.742. The molecular formula is C30H37N3O5S. The predicted molar refractivity (Wildman–Crippen MR) is 153 cm³/mol. The Morgan fingerprint density at radius 1 is 0.923 bits per heavy atom. The molecule has 0 bridgehead atoms. The minimum absolute atomic E-state index is 0.0221. The molecule has 0 radical (unpaired) electrons. The van der Waals surface area contributed by atoms with Gasteiger partial charge in [-0.1, -0.05) is 55.0 Å². The fourth-order valence-electron chi connectivity index (χ4n) is 3.94. The van der Waals surface area contributed by atoms with Crippen LogP contribution in [-0.2, 0) is 26.2 Å². The van der Waals surface area contributed by atoms with Crippen LogP contribution in [0.5, 0.6) is 5.75 Å². The molecule has 0 aliphatic carbocycles. The van der Waals surface area contributed by atoms with Crippen molar-refractivity contribution >= 4 is 27.5 Å². The lowest BCUT2D eigenvalue weighted by Crippen LogP contribution is -2.52. The van der Waals surface area contributed by atoms with Gasteiger partial charge in [0.15, 0.2) is 0 Å². The van der Waals surface area contributed by atoms with Crippen molar-refractivity contribution < 1.29 is 22.7 Å². The lowest BCUT2D eigenvalue weighted by atomic mass is 10.1. The van der Waals surface area contributed by atoms with Crippen molar-refractivity contribution in [3.8, 4) is 5.75 Å². The van der Waals surface area contributed by atoms with Gasteiger partial charge in [0, 0.05) is 12.6 Å². The second-order valence-electron chi connectivity index (χ2n) is 9.52. The summed E-state index contributed by atoms with van der Waals surface area (Å²) < 4.78 is 34.0. The Balaban J connectivity index is 2.00. The van der Waals surface area contributed by atoms with Gasteiger partial charge in [-0.2, -0.15) is 0 Å². The van der Waals surface area contributed by atoms with Gasteiger partial charge in [-0.15, -0.1) is 0 Å². The summed E-state index contributed by atoms with van der Waals surface area (Å²) in [6, 6.07) is 21.4. The van der Waals surface area contributed by atoms with Crippen molar-refractivity contribution in [2.45, 2.75) is 57.6 Å². The van der Waals surface area contributed by atoms with E-state index in [0.717, 1.165) is 21.9 Å². The van der Waals surface area contributed by atoms with E-state index in [1.54, 1.807) is 43.3 Å². The zero-order chi connectivity index (χ0) is 28.6. The van der Waals surface area contributed by atoms with Gasteiger partial charge in [0.1, 0.15) is 18.3 Å². The minimum atomic E-state index is -4.13. The molecule has 2 amide bonds. The highest BCUT2D eigenvalue weighted by Crippen LogP contribution is 2.26. The number of methoxy groups -OCH3 is 1. The van der Waals surface area contributed by atoms with Crippen LogP contribution in [0, 0.1) is 6.92 Å². The highest BCUT2D eigenvalue weighted by atomic mass is 32.2. The third-order valence-electron chi connectivity index (χ3n) is 6.61. The van der Waals surface area contributed by atoms with Gasteiger partial charge < -0.3 is 15.0 Å². The van der Waals surface area contributed by atoms with Gasteiger partial charge in [0.25, 0.3) is 10.0 Å². The number of carbonyl (C=O) groups is 2. The maximum absolute atomic E-state index is 13.9. The predicted octanol–water partition coefficient (Wildman–Crippen LogP) is 4.53. The van der Waals surface area contributed by atoms with Crippen molar-refractivity contribution in [3.05, 3.63) is 90.0 Å². The summed E-state index contributed by atoms with van der Waals surface area (Å²) in [4.78, 5) is 28.4. The fourth-order valence-corrected chi connectivity index (χ4v) is 5.36. The van der Waals surface area contributed by atoms with E-state index in [1.165, 1.54) is 24.1 Å². The third-order valence-corrected chi connectivity index (χ3v) is 8.40. The van der Waals surface area contributed by atoms with Crippen LogP contribution >= 0.6 is 0 Å². The lowest BCUT2D eigenvalue weighted by Gasteiger charge is -2.32. The Kier molecular flexibility index (Phi) is 10.1. The third kappa shape index (κ3) is 7.60. The van der Waals surface area contributed by atoms with E-state index < -0.39 is 28.5 Å². The molecule has 3 rings (SSSR count). The summed E-state index contributed by atoms with van der Waals surface area (Å²) in [5.41, 5.74) is 2.13. The number of carbonyl (C=O) groups excluding carboxylic acids is 2. The molecule has 3 aromatic rings. The van der Waals surface area contributed by atoms with E-state index in [2.05, 4.69) is 5.32 Å². The largest absolute Gasteiger partial charge is 0.497 e. The summed E-state index contributed by atoms with van der Waals surface area (Å²) >= 11 is 0. The number of hydrogen-bond acceptors (Lipinski definition) is 5. The van der Waals surface area contributed by atoms with Crippen molar-refractivity contribution in [1.82, 2.24) is 10.2 Å². The number of aryl methyl sites for hydroxylation is 1. The smallest absolute Gasteiger partial charge is 0.264 e. The SMILES string of the molecule is CC[C@H](C)NC(=O)[C@@H](C)N(Cc1ccccc1)C(=O)CN(c1ccc(C)cc1)S(=O)(=O)c1ccc(OC)cc1. The molecule has 0 aliphatic heterocycles. The lowest BCUT2D eigenvalue weighted by molar-refractivity contribution is -0.139. The van der Waals surface area contributed by atoms with E-state index in [0.29, 0.717) is 11.4 Å². The average Bonchev–Trinajstić information content (AvgIpc) is 2.95. The van der Waals surface area contributed by atoms with E-state index in [-0.39, 0.29) is 23.4 Å². The number of sulfonamides is 1. The minimum Gasteiger partial charge on any atom is -0.497 e. The monoisotopic (exact) mass is 551 g/mol. The van der Waals surface area contributed by atoms with Crippen molar-refractivity contribution in [2.24, 2.45) is 0 Å². The highest BCUT2D eigenvalue weighted by molar-refractivity contribution is 7.92. The van der Waals surface area contributed by atoms with E-state index >= 15 is 0 Å². The molecule has 0 fully saturated rings. The number of rotatable bonds is 12. The fraction of sp³-hybridized carbons (Fsp3) is 0.333. The number of hydrogen-bond donors (Lipinski definition) is 1. The number of anilines is 1. The molecular weight excluding hydrogens is 514 g/mol. The summed E-state index contributed by atoms with van der Waals surface area (Å²) in [7, 11) is -2.63. The van der Waals surface area contributed by atoms with Gasteiger partial charge in [0.05, 0.1) is 17.7 Å². The second-order valence-corrected chi connectivity index (χ2v) is 11.4. The first-order valence-corrected chi connectivity index (χ1v) is 14.4. The van der Waals surface area contributed by atoms with Crippen LogP contribution in [0.1, 0.15) is 38.3 Å². The molecule has 0 aromatic heterocycles. The van der Waals surface area contributed by atoms with E-state index in [4.69, 9.17) is 4.74 Å². The quantitative estimate of drug-likeness (QED) is 0.357. The molecule has 208 valence electrons. The Hall–Kier alpha value is -3.85. The molecule has 3 aromatic carbocycles. The summed E-state index contributed by atoms with van der Waals surface area (Å²) in [5, 5.41) is 2.93. The molecule has 0 saturated heterocycles. The average molecular weight is 552 g/mol. The molecule has 0 spiro atoms. The van der Waals surface area contributed by atoms with Crippen molar-refractivity contribution in [1.29, 1.82) is 0 Å². The highest BCUT2D eigenvalue weighted by Gasteiger charge is 2.32. The van der Waals surface area contributed by atoms with Gasteiger partial charge >= 0.3 is 0 Å². The maximum atomic E-state index is 13.9. The number of ether oxygens (including phenoxy) is 1. The molecule has 39 heavy (non-hydrogen) atoms. The van der Waals surface area contributed by atoms with Crippen LogP contribution in [0.25, 0.3) is 0 Å². The topological polar surface area (TPSA) is 96.0 Å². The zero-order valence-corrected chi connectivity index (χ0v) is 23.9.